The minimum absolute atomic E-state index is 0.910. The summed E-state index contributed by atoms with van der Waals surface area (Å²) in [5.41, 5.74) is 1.30. The zero-order valence-electron chi connectivity index (χ0n) is 13.0. The zero-order chi connectivity index (χ0) is 14.2. The first-order valence-corrected chi connectivity index (χ1v) is 8.19. The molecule has 0 saturated carbocycles. The molecule has 0 unspecified atom stereocenters. The van der Waals surface area contributed by atoms with Crippen molar-refractivity contribution < 1.29 is 0 Å². The van der Waals surface area contributed by atoms with Gasteiger partial charge in [-0.1, -0.05) is 32.6 Å². The van der Waals surface area contributed by atoms with Crippen LogP contribution in [-0.4, -0.2) is 29.6 Å². The third-order valence-electron chi connectivity index (χ3n) is 3.92. The molecular formula is C16H28N4. The minimum atomic E-state index is 0.910. The van der Waals surface area contributed by atoms with Gasteiger partial charge in [0.2, 0.25) is 0 Å². The van der Waals surface area contributed by atoms with E-state index in [1.165, 1.54) is 43.5 Å². The van der Waals surface area contributed by atoms with E-state index < -0.39 is 0 Å². The summed E-state index contributed by atoms with van der Waals surface area (Å²) in [6.45, 7) is 7.53. The minimum Gasteiger partial charge on any atom is -0.370 e. The second kappa shape index (κ2) is 8.08. The molecule has 1 aliphatic rings. The lowest BCUT2D eigenvalue weighted by atomic mass is 10.1. The van der Waals surface area contributed by atoms with E-state index in [0.29, 0.717) is 0 Å². The lowest BCUT2D eigenvalue weighted by Gasteiger charge is -2.28. The van der Waals surface area contributed by atoms with Gasteiger partial charge in [-0.05, 0) is 26.2 Å². The van der Waals surface area contributed by atoms with E-state index in [9.17, 15) is 0 Å². The molecule has 1 aliphatic heterocycles. The van der Waals surface area contributed by atoms with Gasteiger partial charge in [-0.3, -0.25) is 0 Å². The van der Waals surface area contributed by atoms with E-state index >= 15 is 0 Å². The molecule has 1 aromatic heterocycles. The third kappa shape index (κ3) is 3.84. The van der Waals surface area contributed by atoms with E-state index in [0.717, 1.165) is 38.3 Å². The van der Waals surface area contributed by atoms with Crippen molar-refractivity contribution in [3.63, 3.8) is 0 Å². The van der Waals surface area contributed by atoms with Crippen molar-refractivity contribution in [1.29, 1.82) is 0 Å². The van der Waals surface area contributed by atoms with E-state index in [2.05, 4.69) is 34.0 Å². The smallest absolute Gasteiger partial charge is 0.137 e. The highest BCUT2D eigenvalue weighted by atomic mass is 15.2. The van der Waals surface area contributed by atoms with Gasteiger partial charge < -0.3 is 10.2 Å². The van der Waals surface area contributed by atoms with Gasteiger partial charge in [0.1, 0.15) is 18.0 Å². The first-order valence-electron chi connectivity index (χ1n) is 8.19. The highest BCUT2D eigenvalue weighted by molar-refractivity contribution is 5.58. The average Bonchev–Trinajstić information content (AvgIpc) is 2.41. The lowest BCUT2D eigenvalue weighted by molar-refractivity contribution is 0.552. The number of rotatable bonds is 5. The number of nitrogens with zero attached hydrogens (tertiary/aromatic N) is 3. The van der Waals surface area contributed by atoms with Gasteiger partial charge in [0, 0.05) is 25.2 Å². The molecule has 20 heavy (non-hydrogen) atoms. The van der Waals surface area contributed by atoms with E-state index in [-0.39, 0.29) is 0 Å². The van der Waals surface area contributed by atoms with Gasteiger partial charge in [0.15, 0.2) is 0 Å². The molecule has 4 nitrogen and oxygen atoms in total. The maximum atomic E-state index is 4.61. The van der Waals surface area contributed by atoms with Crippen LogP contribution in [0.1, 0.15) is 57.9 Å². The fraction of sp³-hybridized carbons (Fsp3) is 0.750. The summed E-state index contributed by atoms with van der Waals surface area (Å²) in [5.74, 6) is 2.20. The van der Waals surface area contributed by atoms with Gasteiger partial charge >= 0.3 is 0 Å². The molecule has 112 valence electrons. The second-order valence-corrected chi connectivity index (χ2v) is 5.56. The second-order valence-electron chi connectivity index (χ2n) is 5.56. The molecule has 0 radical (unpaired) electrons. The van der Waals surface area contributed by atoms with Gasteiger partial charge in [-0.15, -0.1) is 0 Å². The Morgan fingerprint density at radius 1 is 1.05 bits per heavy atom. The summed E-state index contributed by atoms with van der Waals surface area (Å²) >= 11 is 0. The van der Waals surface area contributed by atoms with Crippen LogP contribution in [0.2, 0.25) is 0 Å². The van der Waals surface area contributed by atoms with Crippen molar-refractivity contribution in [1.82, 2.24) is 9.97 Å². The number of hydrogen-bond donors (Lipinski definition) is 1. The topological polar surface area (TPSA) is 41.1 Å². The van der Waals surface area contributed by atoms with Gasteiger partial charge in [-0.2, -0.15) is 0 Å². The molecule has 2 heterocycles. The van der Waals surface area contributed by atoms with Crippen molar-refractivity contribution in [3.05, 3.63) is 11.9 Å². The van der Waals surface area contributed by atoms with Gasteiger partial charge in [-0.25, -0.2) is 9.97 Å². The van der Waals surface area contributed by atoms with Crippen LogP contribution in [-0.2, 0) is 6.42 Å². The van der Waals surface area contributed by atoms with Crippen LogP contribution in [0.4, 0.5) is 11.6 Å². The molecule has 2 rings (SSSR count). The summed E-state index contributed by atoms with van der Waals surface area (Å²) in [4.78, 5) is 11.5. The van der Waals surface area contributed by atoms with Crippen molar-refractivity contribution in [2.24, 2.45) is 0 Å². The zero-order valence-corrected chi connectivity index (χ0v) is 13.0. The molecule has 0 aliphatic carbocycles. The van der Waals surface area contributed by atoms with Gasteiger partial charge in [0.05, 0.1) is 0 Å². The van der Waals surface area contributed by atoms with Crippen LogP contribution in [0.5, 0.6) is 0 Å². The predicted molar refractivity (Wildman–Crippen MR) is 85.5 cm³/mol. The monoisotopic (exact) mass is 276 g/mol. The molecule has 0 aromatic carbocycles. The molecule has 0 amide bonds. The number of hydrogen-bond acceptors (Lipinski definition) is 4. The fourth-order valence-corrected chi connectivity index (χ4v) is 2.93. The fourth-order valence-electron chi connectivity index (χ4n) is 2.93. The predicted octanol–water partition coefficient (Wildman–Crippen LogP) is 3.63. The third-order valence-corrected chi connectivity index (χ3v) is 3.92. The first-order chi connectivity index (χ1) is 9.86. The van der Waals surface area contributed by atoms with Gasteiger partial charge in [0.25, 0.3) is 0 Å². The van der Waals surface area contributed by atoms with Crippen LogP contribution < -0.4 is 10.2 Å². The quantitative estimate of drug-likeness (QED) is 0.891. The summed E-state index contributed by atoms with van der Waals surface area (Å²) in [6, 6.07) is 0. The number of nitrogens with one attached hydrogen (secondary N) is 1. The molecule has 1 N–H and O–H groups in total. The Hall–Kier alpha value is -1.32. The Morgan fingerprint density at radius 3 is 2.40 bits per heavy atom. The van der Waals surface area contributed by atoms with E-state index in [4.69, 9.17) is 0 Å². The normalized spacial score (nSPS) is 16.6. The Bertz CT molecular complexity index is 397. The summed E-state index contributed by atoms with van der Waals surface area (Å²) < 4.78 is 0. The van der Waals surface area contributed by atoms with Crippen molar-refractivity contribution >= 4 is 11.6 Å². The summed E-state index contributed by atoms with van der Waals surface area (Å²) in [6.07, 6.45) is 10.6. The maximum absolute atomic E-state index is 4.61. The van der Waals surface area contributed by atoms with Crippen molar-refractivity contribution in [3.8, 4) is 0 Å². The SMILES string of the molecule is CCCc1c(NCC)ncnc1N1CCCCCCC1. The molecular weight excluding hydrogens is 248 g/mol. The standard InChI is InChI=1S/C16H28N4/c1-3-10-14-15(17-4-2)18-13-19-16(14)20-11-8-6-5-7-9-12-20/h13H,3-12H2,1-2H3,(H,17,18,19). The van der Waals surface area contributed by atoms with Crippen LogP contribution in [0.15, 0.2) is 6.33 Å². The summed E-state index contributed by atoms with van der Waals surface area (Å²) in [5, 5.41) is 3.39. The molecule has 1 aromatic rings. The van der Waals surface area contributed by atoms with E-state index in [1.807, 2.05) is 0 Å². The number of anilines is 2. The van der Waals surface area contributed by atoms with Crippen molar-refractivity contribution in [2.75, 3.05) is 29.9 Å². The first kappa shape index (κ1) is 15.1. The number of aromatic nitrogens is 2. The van der Waals surface area contributed by atoms with Crippen LogP contribution in [0.3, 0.4) is 0 Å². The Kier molecular flexibility index (Phi) is 6.09. The molecule has 0 atom stereocenters. The largest absolute Gasteiger partial charge is 0.370 e. The molecule has 0 bridgehead atoms. The lowest BCUT2D eigenvalue weighted by Crippen LogP contribution is -2.29. The summed E-state index contributed by atoms with van der Waals surface area (Å²) in [7, 11) is 0. The maximum Gasteiger partial charge on any atom is 0.137 e. The Morgan fingerprint density at radius 2 is 1.75 bits per heavy atom. The molecule has 1 fully saturated rings. The Labute approximate surface area is 123 Å². The highest BCUT2D eigenvalue weighted by Crippen LogP contribution is 2.26. The van der Waals surface area contributed by atoms with Crippen LogP contribution in [0, 0.1) is 0 Å². The molecule has 4 heteroatoms. The Balaban J connectivity index is 2.25. The molecule has 1 saturated heterocycles. The highest BCUT2D eigenvalue weighted by Gasteiger charge is 2.17. The van der Waals surface area contributed by atoms with Crippen LogP contribution >= 0.6 is 0 Å². The van der Waals surface area contributed by atoms with Crippen molar-refractivity contribution in [2.45, 2.75) is 58.8 Å². The van der Waals surface area contributed by atoms with E-state index in [1.54, 1.807) is 6.33 Å². The molecule has 0 spiro atoms. The average molecular weight is 276 g/mol. The van der Waals surface area contributed by atoms with Crippen LogP contribution in [0.25, 0.3) is 0 Å².